The zero-order valence-corrected chi connectivity index (χ0v) is 12.5. The molecule has 106 valence electrons. The lowest BCUT2D eigenvalue weighted by atomic mass is 10.1. The quantitative estimate of drug-likeness (QED) is 0.814. The van der Waals surface area contributed by atoms with E-state index in [9.17, 15) is 8.42 Å². The van der Waals surface area contributed by atoms with E-state index in [0.29, 0.717) is 16.5 Å². The van der Waals surface area contributed by atoms with Gasteiger partial charge in [0, 0.05) is 11.7 Å². The van der Waals surface area contributed by atoms with Gasteiger partial charge in [-0.15, -0.1) is 0 Å². The van der Waals surface area contributed by atoms with E-state index in [-0.39, 0.29) is 6.04 Å². The Morgan fingerprint density at radius 1 is 1.37 bits per heavy atom. The molecule has 0 radical (unpaired) electrons. The third kappa shape index (κ3) is 3.09. The number of hydrogen-bond donors (Lipinski definition) is 2. The van der Waals surface area contributed by atoms with Gasteiger partial charge in [0.2, 0.25) is 10.0 Å². The molecule has 0 amide bonds. The third-order valence-electron chi connectivity index (χ3n) is 3.82. The summed E-state index contributed by atoms with van der Waals surface area (Å²) in [5.41, 5.74) is 7.92. The van der Waals surface area contributed by atoms with E-state index in [2.05, 4.69) is 11.6 Å². The lowest BCUT2D eigenvalue weighted by Gasteiger charge is -2.12. The maximum atomic E-state index is 12.4. The minimum Gasteiger partial charge on any atom is -0.399 e. The summed E-state index contributed by atoms with van der Waals surface area (Å²) in [4.78, 5) is 0.312. The lowest BCUT2D eigenvalue weighted by molar-refractivity contribution is 0.572. The molecule has 1 aromatic carbocycles. The molecule has 0 saturated heterocycles. The minimum absolute atomic E-state index is 0.103. The number of aryl methyl sites for hydroxylation is 1. The van der Waals surface area contributed by atoms with Crippen LogP contribution in [0.15, 0.2) is 17.0 Å². The molecular weight excluding hydrogens is 260 g/mol. The number of hydrogen-bond acceptors (Lipinski definition) is 3. The van der Waals surface area contributed by atoms with Crippen LogP contribution in [0.1, 0.15) is 37.3 Å². The summed E-state index contributed by atoms with van der Waals surface area (Å²) in [6.07, 6.45) is 3.13. The first-order chi connectivity index (χ1) is 8.85. The standard InChI is InChI=1S/C14H22N2O2S/c1-4-5-11-7-13(11)16-19(17,18)14-8-12(15)6-9(2)10(14)3/h6,8,11,13,16H,4-5,7,15H2,1-3H3. The van der Waals surface area contributed by atoms with Gasteiger partial charge in [-0.1, -0.05) is 13.3 Å². The van der Waals surface area contributed by atoms with Crippen molar-refractivity contribution in [2.24, 2.45) is 5.92 Å². The van der Waals surface area contributed by atoms with Gasteiger partial charge in [-0.25, -0.2) is 13.1 Å². The van der Waals surface area contributed by atoms with Crippen molar-refractivity contribution in [3.8, 4) is 0 Å². The smallest absolute Gasteiger partial charge is 0.241 e. The summed E-state index contributed by atoms with van der Waals surface area (Å²) in [7, 11) is -3.45. The normalized spacial score (nSPS) is 22.5. The van der Waals surface area contributed by atoms with E-state index in [1.807, 2.05) is 13.8 Å². The highest BCUT2D eigenvalue weighted by atomic mass is 32.2. The largest absolute Gasteiger partial charge is 0.399 e. The number of benzene rings is 1. The molecule has 0 aromatic heterocycles. The first-order valence-corrected chi connectivity index (χ1v) is 8.22. The van der Waals surface area contributed by atoms with Crippen molar-refractivity contribution >= 4 is 15.7 Å². The predicted octanol–water partition coefficient (Wildman–Crippen LogP) is 2.35. The molecule has 1 fully saturated rings. The number of nitrogens with two attached hydrogens (primary N) is 1. The van der Waals surface area contributed by atoms with Crippen LogP contribution in [0, 0.1) is 19.8 Å². The fourth-order valence-corrected chi connectivity index (χ4v) is 4.15. The summed E-state index contributed by atoms with van der Waals surface area (Å²) in [6, 6.07) is 3.44. The summed E-state index contributed by atoms with van der Waals surface area (Å²) in [6.45, 7) is 5.82. The average molecular weight is 282 g/mol. The van der Waals surface area contributed by atoms with Crippen molar-refractivity contribution in [2.45, 2.75) is 51.0 Å². The van der Waals surface area contributed by atoms with Crippen molar-refractivity contribution in [1.82, 2.24) is 4.72 Å². The van der Waals surface area contributed by atoms with Gasteiger partial charge in [0.05, 0.1) is 4.90 Å². The second-order valence-electron chi connectivity index (χ2n) is 5.47. The first-order valence-electron chi connectivity index (χ1n) is 6.74. The summed E-state index contributed by atoms with van der Waals surface area (Å²) in [5.74, 6) is 0.502. The predicted molar refractivity (Wildman–Crippen MR) is 77.5 cm³/mol. The highest BCUT2D eigenvalue weighted by Gasteiger charge is 2.39. The van der Waals surface area contributed by atoms with Gasteiger partial charge >= 0.3 is 0 Å². The highest BCUT2D eigenvalue weighted by molar-refractivity contribution is 7.89. The van der Waals surface area contributed by atoms with Crippen molar-refractivity contribution in [3.63, 3.8) is 0 Å². The maximum absolute atomic E-state index is 12.4. The highest BCUT2D eigenvalue weighted by Crippen LogP contribution is 2.36. The fraction of sp³-hybridized carbons (Fsp3) is 0.571. The van der Waals surface area contributed by atoms with E-state index in [0.717, 1.165) is 30.4 Å². The van der Waals surface area contributed by atoms with Crippen LogP contribution in [-0.2, 0) is 10.0 Å². The van der Waals surface area contributed by atoms with Crippen LogP contribution in [0.3, 0.4) is 0 Å². The molecule has 0 heterocycles. The molecule has 0 bridgehead atoms. The Morgan fingerprint density at radius 3 is 2.68 bits per heavy atom. The van der Waals surface area contributed by atoms with E-state index >= 15 is 0 Å². The second-order valence-corrected chi connectivity index (χ2v) is 7.16. The van der Waals surface area contributed by atoms with E-state index in [1.165, 1.54) is 0 Å². The summed E-state index contributed by atoms with van der Waals surface area (Å²) >= 11 is 0. The van der Waals surface area contributed by atoms with Gasteiger partial charge in [-0.3, -0.25) is 0 Å². The van der Waals surface area contributed by atoms with Crippen LogP contribution in [0.2, 0.25) is 0 Å². The number of rotatable bonds is 5. The van der Waals surface area contributed by atoms with E-state index in [4.69, 9.17) is 5.73 Å². The number of nitrogen functional groups attached to an aromatic ring is 1. The molecule has 1 aromatic rings. The summed E-state index contributed by atoms with van der Waals surface area (Å²) in [5, 5.41) is 0. The third-order valence-corrected chi connectivity index (χ3v) is 5.44. The molecule has 1 aliphatic rings. The zero-order chi connectivity index (χ0) is 14.2. The second kappa shape index (κ2) is 5.13. The Labute approximate surface area is 115 Å². The summed E-state index contributed by atoms with van der Waals surface area (Å²) < 4.78 is 27.6. The molecule has 19 heavy (non-hydrogen) atoms. The Hall–Kier alpha value is -1.07. The molecule has 2 atom stereocenters. The van der Waals surface area contributed by atoms with E-state index < -0.39 is 10.0 Å². The van der Waals surface area contributed by atoms with Gasteiger partial charge in [0.1, 0.15) is 0 Å². The Bertz CT molecular complexity index is 581. The van der Waals surface area contributed by atoms with Crippen molar-refractivity contribution in [1.29, 1.82) is 0 Å². The molecule has 1 aliphatic carbocycles. The van der Waals surface area contributed by atoms with Crippen molar-refractivity contribution in [2.75, 3.05) is 5.73 Å². The zero-order valence-electron chi connectivity index (χ0n) is 11.7. The SMILES string of the molecule is CCCC1CC1NS(=O)(=O)c1cc(N)cc(C)c1C. The topological polar surface area (TPSA) is 72.2 Å². The van der Waals surface area contributed by atoms with Crippen molar-refractivity contribution in [3.05, 3.63) is 23.3 Å². The van der Waals surface area contributed by atoms with Crippen LogP contribution in [-0.4, -0.2) is 14.5 Å². The number of nitrogens with one attached hydrogen (secondary N) is 1. The minimum atomic E-state index is -3.45. The molecule has 5 heteroatoms. The molecule has 0 spiro atoms. The molecule has 1 saturated carbocycles. The van der Waals surface area contributed by atoms with Crippen LogP contribution >= 0.6 is 0 Å². The van der Waals surface area contributed by atoms with Gasteiger partial charge in [0.15, 0.2) is 0 Å². The Morgan fingerprint density at radius 2 is 2.05 bits per heavy atom. The molecule has 4 nitrogen and oxygen atoms in total. The Balaban J connectivity index is 2.21. The van der Waals surface area contributed by atoms with Gasteiger partial charge in [0.25, 0.3) is 0 Å². The fourth-order valence-electron chi connectivity index (χ4n) is 2.48. The van der Waals surface area contributed by atoms with Crippen LogP contribution in [0.4, 0.5) is 5.69 Å². The molecule has 0 aliphatic heterocycles. The monoisotopic (exact) mass is 282 g/mol. The van der Waals surface area contributed by atoms with Gasteiger partial charge < -0.3 is 5.73 Å². The molecule has 2 unspecified atom stereocenters. The average Bonchev–Trinajstić information content (AvgIpc) is 3.01. The number of sulfonamides is 1. The van der Waals surface area contributed by atoms with Crippen LogP contribution in [0.25, 0.3) is 0 Å². The molecular formula is C14H22N2O2S. The first kappa shape index (κ1) is 14.3. The maximum Gasteiger partial charge on any atom is 0.241 e. The van der Waals surface area contributed by atoms with E-state index in [1.54, 1.807) is 12.1 Å². The van der Waals surface area contributed by atoms with Crippen LogP contribution in [0.5, 0.6) is 0 Å². The van der Waals surface area contributed by atoms with Crippen molar-refractivity contribution < 1.29 is 8.42 Å². The molecule has 2 rings (SSSR count). The molecule has 3 N–H and O–H groups in total. The van der Waals surface area contributed by atoms with Gasteiger partial charge in [-0.05, 0) is 55.9 Å². The van der Waals surface area contributed by atoms with Gasteiger partial charge in [-0.2, -0.15) is 0 Å². The van der Waals surface area contributed by atoms with Crippen LogP contribution < -0.4 is 10.5 Å². The Kier molecular flexibility index (Phi) is 3.87. The number of anilines is 1. The lowest BCUT2D eigenvalue weighted by Crippen LogP contribution is -2.28.